The number of carboxylic acids is 1. The molecule has 2 aliphatic heterocycles. The normalized spacial score (nSPS) is 16.1. The van der Waals surface area contributed by atoms with Crippen LogP contribution in [-0.4, -0.2) is 46.2 Å². The average Bonchev–Trinajstić information content (AvgIpc) is 3.58. The number of nitrogens with zero attached hydrogens (tertiary/aromatic N) is 2. The fraction of sp³-hybridized carbons (Fsp3) is 0.370. The Kier molecular flexibility index (Phi) is 7.35. The molecular weight excluding hydrogens is 460 g/mol. The van der Waals surface area contributed by atoms with Crippen LogP contribution >= 0.6 is 0 Å². The number of hydrogen-bond acceptors (Lipinski definition) is 7. The van der Waals surface area contributed by atoms with Crippen molar-refractivity contribution in [2.75, 3.05) is 25.3 Å². The van der Waals surface area contributed by atoms with Crippen LogP contribution in [0.15, 0.2) is 60.6 Å². The summed E-state index contributed by atoms with van der Waals surface area (Å²) in [7, 11) is 0. The quantitative estimate of drug-likeness (QED) is 0.368. The van der Waals surface area contributed by atoms with E-state index in [1.165, 1.54) is 5.56 Å². The summed E-state index contributed by atoms with van der Waals surface area (Å²) in [6.45, 7) is 1.48. The molecule has 2 aliphatic rings. The second-order valence-electron chi connectivity index (χ2n) is 9.08. The van der Waals surface area contributed by atoms with Gasteiger partial charge in [-0.25, -0.2) is 4.98 Å². The number of carboxylic acid groups (broad SMARTS) is 1. The number of aryl methyl sites for hydroxylation is 1. The molecule has 0 bridgehead atoms. The number of nitrogens with one attached hydrogen (secondary N) is 2. The number of H-pyrrole nitrogens is 1. The third-order valence-corrected chi connectivity index (χ3v) is 6.52. The molecule has 36 heavy (non-hydrogen) atoms. The molecule has 4 heterocycles. The monoisotopic (exact) mass is 490 g/mol. The Morgan fingerprint density at radius 3 is 2.89 bits per heavy atom. The van der Waals surface area contributed by atoms with Crippen molar-refractivity contribution in [1.82, 2.24) is 15.2 Å². The van der Waals surface area contributed by atoms with Gasteiger partial charge >= 0.3 is 5.97 Å². The highest BCUT2D eigenvalue weighted by molar-refractivity contribution is 5.67. The number of aromatic nitrogens is 3. The molecule has 3 N–H and O–H groups in total. The molecular formula is C27H30N4O5. The topological polar surface area (TPSA) is 119 Å². The maximum absolute atomic E-state index is 11.8. The molecule has 9 nitrogen and oxygen atoms in total. The third kappa shape index (κ3) is 5.79. The zero-order chi connectivity index (χ0) is 24.7. The van der Waals surface area contributed by atoms with Gasteiger partial charge in [0.05, 0.1) is 18.2 Å². The van der Waals surface area contributed by atoms with Crippen LogP contribution in [0.25, 0.3) is 0 Å². The molecule has 0 amide bonds. The van der Waals surface area contributed by atoms with Crippen LogP contribution in [0.4, 0.5) is 5.82 Å². The smallest absolute Gasteiger partial charge is 0.303 e. The summed E-state index contributed by atoms with van der Waals surface area (Å²) in [6.07, 6.45) is 4.92. The van der Waals surface area contributed by atoms with Crippen LogP contribution in [-0.2, 0) is 33.5 Å². The van der Waals surface area contributed by atoms with Crippen molar-refractivity contribution in [3.8, 4) is 5.88 Å². The van der Waals surface area contributed by atoms with Gasteiger partial charge in [-0.3, -0.25) is 9.89 Å². The van der Waals surface area contributed by atoms with E-state index in [9.17, 15) is 9.90 Å². The number of benzene rings is 1. The summed E-state index contributed by atoms with van der Waals surface area (Å²) in [5, 5.41) is 20.4. The lowest BCUT2D eigenvalue weighted by molar-refractivity contribution is -0.138. The number of aliphatic carboxylic acids is 1. The molecule has 0 fully saturated rings. The van der Waals surface area contributed by atoms with Crippen molar-refractivity contribution in [3.05, 3.63) is 83.1 Å². The average molecular weight is 491 g/mol. The zero-order valence-corrected chi connectivity index (χ0v) is 20.0. The minimum Gasteiger partial charge on any atom is -0.481 e. The molecule has 2 atom stereocenters. The van der Waals surface area contributed by atoms with E-state index in [0.717, 1.165) is 42.2 Å². The molecule has 5 rings (SSSR count). The van der Waals surface area contributed by atoms with Gasteiger partial charge in [0.2, 0.25) is 12.7 Å². The zero-order valence-electron chi connectivity index (χ0n) is 20.0. The lowest BCUT2D eigenvalue weighted by Gasteiger charge is -2.25. The molecule has 0 saturated carbocycles. The summed E-state index contributed by atoms with van der Waals surface area (Å²) < 4.78 is 16.9. The molecule has 188 valence electrons. The van der Waals surface area contributed by atoms with Crippen LogP contribution in [0.2, 0.25) is 0 Å². The number of ether oxygens (including phenoxy) is 3. The van der Waals surface area contributed by atoms with Crippen molar-refractivity contribution in [1.29, 1.82) is 0 Å². The van der Waals surface area contributed by atoms with Gasteiger partial charge in [0.15, 0.2) is 0 Å². The van der Waals surface area contributed by atoms with Gasteiger partial charge < -0.3 is 24.6 Å². The van der Waals surface area contributed by atoms with E-state index in [4.69, 9.17) is 19.2 Å². The van der Waals surface area contributed by atoms with E-state index < -0.39 is 5.97 Å². The van der Waals surface area contributed by atoms with Crippen LogP contribution in [0.3, 0.4) is 0 Å². The standard InChI is InChI=1S/C27H30N4O5/c32-25(33)14-20(13-18-5-2-1-3-6-18)26(23-16-34-17-36-23)22-15-24(31-30-22)35-12-10-21-9-8-19-7-4-11-28-27(19)29-21/h1-3,5-6,8-9,15-16,20,26H,4,7,10-14,17H2,(H,28,29)(H,30,31)(H,32,33). The Hall–Kier alpha value is -4.01. The van der Waals surface area contributed by atoms with E-state index in [1.54, 1.807) is 6.26 Å². The van der Waals surface area contributed by atoms with Crippen LogP contribution in [0.1, 0.15) is 41.3 Å². The molecule has 0 saturated heterocycles. The van der Waals surface area contributed by atoms with Gasteiger partial charge in [0.1, 0.15) is 17.8 Å². The number of fused-ring (bicyclic) bond motifs is 1. The van der Waals surface area contributed by atoms with Gasteiger partial charge in [-0.2, -0.15) is 0 Å². The molecule has 9 heteroatoms. The largest absolute Gasteiger partial charge is 0.481 e. The Bertz CT molecular complexity index is 1210. The molecule has 0 spiro atoms. The Balaban J connectivity index is 1.29. The predicted molar refractivity (Wildman–Crippen MR) is 133 cm³/mol. The van der Waals surface area contributed by atoms with E-state index in [2.05, 4.69) is 21.6 Å². The predicted octanol–water partition coefficient (Wildman–Crippen LogP) is 4.05. The first-order valence-corrected chi connectivity index (χ1v) is 12.3. The number of rotatable bonds is 11. The summed E-state index contributed by atoms with van der Waals surface area (Å²) in [5.74, 6) is 0.472. The van der Waals surface area contributed by atoms with Crippen LogP contribution in [0.5, 0.6) is 5.88 Å². The minimum atomic E-state index is -0.872. The Morgan fingerprint density at radius 1 is 1.19 bits per heavy atom. The van der Waals surface area contributed by atoms with Crippen molar-refractivity contribution in [2.45, 2.75) is 38.0 Å². The van der Waals surface area contributed by atoms with Crippen molar-refractivity contribution in [3.63, 3.8) is 0 Å². The first-order chi connectivity index (χ1) is 17.7. The minimum absolute atomic E-state index is 0.0342. The highest BCUT2D eigenvalue weighted by Gasteiger charge is 2.34. The number of pyridine rings is 1. The first-order valence-electron chi connectivity index (χ1n) is 12.3. The summed E-state index contributed by atoms with van der Waals surface area (Å²) in [6, 6.07) is 15.8. The fourth-order valence-corrected chi connectivity index (χ4v) is 4.82. The van der Waals surface area contributed by atoms with Gasteiger partial charge in [-0.1, -0.05) is 36.4 Å². The lowest BCUT2D eigenvalue weighted by Crippen LogP contribution is -2.22. The van der Waals surface area contributed by atoms with Crippen molar-refractivity contribution >= 4 is 11.8 Å². The van der Waals surface area contributed by atoms with Gasteiger partial charge in [-0.05, 0) is 42.4 Å². The maximum Gasteiger partial charge on any atom is 0.303 e. The Morgan fingerprint density at radius 2 is 2.08 bits per heavy atom. The first kappa shape index (κ1) is 23.7. The van der Waals surface area contributed by atoms with E-state index >= 15 is 0 Å². The molecule has 3 aromatic rings. The molecule has 2 unspecified atom stereocenters. The number of anilines is 1. The van der Waals surface area contributed by atoms with Crippen LogP contribution < -0.4 is 10.1 Å². The van der Waals surface area contributed by atoms with E-state index in [-0.39, 0.29) is 25.0 Å². The Labute approximate surface area is 209 Å². The second kappa shape index (κ2) is 11.2. The van der Waals surface area contributed by atoms with Crippen molar-refractivity contribution < 1.29 is 24.1 Å². The number of carbonyl (C=O) groups is 1. The van der Waals surface area contributed by atoms with Gasteiger partial charge in [0.25, 0.3) is 0 Å². The van der Waals surface area contributed by atoms with Crippen LogP contribution in [0, 0.1) is 5.92 Å². The number of hydrogen-bond donors (Lipinski definition) is 3. The molecule has 0 aliphatic carbocycles. The molecule has 1 aromatic carbocycles. The maximum atomic E-state index is 11.8. The van der Waals surface area contributed by atoms with Gasteiger partial charge in [-0.15, -0.1) is 5.10 Å². The highest BCUT2D eigenvalue weighted by Crippen LogP contribution is 2.38. The lowest BCUT2D eigenvalue weighted by atomic mass is 9.81. The molecule has 0 radical (unpaired) electrons. The van der Waals surface area contributed by atoms with E-state index in [0.29, 0.717) is 31.1 Å². The summed E-state index contributed by atoms with van der Waals surface area (Å²) in [4.78, 5) is 16.5. The molecule has 2 aromatic heterocycles. The second-order valence-corrected chi connectivity index (χ2v) is 9.08. The summed E-state index contributed by atoms with van der Waals surface area (Å²) in [5.41, 5.74) is 3.99. The number of allylic oxidation sites excluding steroid dienone is 1. The van der Waals surface area contributed by atoms with Crippen molar-refractivity contribution in [2.24, 2.45) is 5.92 Å². The highest BCUT2D eigenvalue weighted by atomic mass is 16.7. The number of aromatic amines is 1. The van der Waals surface area contributed by atoms with Gasteiger partial charge in [0, 0.05) is 31.1 Å². The van der Waals surface area contributed by atoms with E-state index in [1.807, 2.05) is 42.5 Å². The third-order valence-electron chi connectivity index (χ3n) is 6.52. The SMILES string of the molecule is O=C(O)CC(Cc1ccccc1)C(C1=COCO1)c1cc(OCCc2ccc3c(n2)NCCC3)n[nH]1. The summed E-state index contributed by atoms with van der Waals surface area (Å²) >= 11 is 0. The fourth-order valence-electron chi connectivity index (χ4n) is 4.82.